The number of nitrogens with zero attached hydrogens (tertiary/aromatic N) is 2. The van der Waals surface area contributed by atoms with Crippen LogP contribution in [0.4, 0.5) is 11.4 Å². The molecule has 23 heavy (non-hydrogen) atoms. The predicted octanol–water partition coefficient (Wildman–Crippen LogP) is 4.05. The number of phenolic OH excluding ortho intramolecular Hbond substituents is 2. The van der Waals surface area contributed by atoms with Crippen LogP contribution in [0.1, 0.15) is 31.9 Å². The minimum Gasteiger partial charge on any atom is -0.506 e. The summed E-state index contributed by atoms with van der Waals surface area (Å²) in [4.78, 5) is 14.3. The summed E-state index contributed by atoms with van der Waals surface area (Å²) in [5.74, 6) is -0.452. The molecule has 6 nitrogen and oxygen atoms in total. The van der Waals surface area contributed by atoms with E-state index in [4.69, 9.17) is 0 Å². The lowest BCUT2D eigenvalue weighted by Gasteiger charge is -2.19. The van der Waals surface area contributed by atoms with E-state index in [1.54, 1.807) is 12.1 Å². The number of nitro benzene ring substituents is 1. The van der Waals surface area contributed by atoms with Crippen molar-refractivity contribution in [3.8, 4) is 11.5 Å². The number of para-hydroxylation sites is 1. The van der Waals surface area contributed by atoms with E-state index in [0.717, 1.165) is 5.56 Å². The van der Waals surface area contributed by atoms with Crippen molar-refractivity contribution >= 4 is 17.6 Å². The number of rotatable bonds is 3. The zero-order chi connectivity index (χ0) is 17.2. The van der Waals surface area contributed by atoms with Crippen LogP contribution in [-0.2, 0) is 5.41 Å². The largest absolute Gasteiger partial charge is 0.506 e. The molecule has 0 bridgehead atoms. The van der Waals surface area contributed by atoms with Gasteiger partial charge in [-0.15, -0.1) is 0 Å². The van der Waals surface area contributed by atoms with E-state index in [-0.39, 0.29) is 22.4 Å². The fraction of sp³-hybridized carbons (Fsp3) is 0.235. The Labute approximate surface area is 133 Å². The van der Waals surface area contributed by atoms with Gasteiger partial charge >= 0.3 is 5.69 Å². The quantitative estimate of drug-likeness (QED) is 0.507. The Morgan fingerprint density at radius 3 is 2.48 bits per heavy atom. The maximum Gasteiger partial charge on any atom is 0.311 e. The molecule has 0 heterocycles. The molecule has 2 aromatic rings. The van der Waals surface area contributed by atoms with E-state index in [0.29, 0.717) is 5.69 Å². The number of aromatic hydroxyl groups is 2. The monoisotopic (exact) mass is 314 g/mol. The van der Waals surface area contributed by atoms with Gasteiger partial charge in [0.2, 0.25) is 5.75 Å². The average Bonchev–Trinajstić information content (AvgIpc) is 2.46. The van der Waals surface area contributed by atoms with E-state index in [1.165, 1.54) is 24.4 Å². The van der Waals surface area contributed by atoms with Gasteiger partial charge in [-0.05, 0) is 29.2 Å². The van der Waals surface area contributed by atoms with E-state index in [1.807, 2.05) is 26.8 Å². The Morgan fingerprint density at radius 2 is 1.87 bits per heavy atom. The summed E-state index contributed by atoms with van der Waals surface area (Å²) in [6.07, 6.45) is 1.30. The van der Waals surface area contributed by atoms with Gasteiger partial charge in [-0.3, -0.25) is 15.1 Å². The molecule has 0 aliphatic rings. The standard InChI is InChI=1S/C17H18N2O4/c1-17(2,3)12-7-8-15(20)13(9-12)18-10-11-5-4-6-14(16(11)21)19(22)23/h4-10,20-21H,1-3H3. The van der Waals surface area contributed by atoms with Gasteiger partial charge in [0.05, 0.1) is 4.92 Å². The second-order valence-electron chi connectivity index (χ2n) is 6.18. The minimum atomic E-state index is -0.662. The van der Waals surface area contributed by atoms with Crippen LogP contribution in [0.2, 0.25) is 0 Å². The fourth-order valence-electron chi connectivity index (χ4n) is 2.03. The summed E-state index contributed by atoms with van der Waals surface area (Å²) < 4.78 is 0. The van der Waals surface area contributed by atoms with Crippen LogP contribution >= 0.6 is 0 Å². The summed E-state index contributed by atoms with van der Waals surface area (Å²) >= 11 is 0. The Hall–Kier alpha value is -2.89. The third kappa shape index (κ3) is 3.66. The third-order valence-corrected chi connectivity index (χ3v) is 3.43. The highest BCUT2D eigenvalue weighted by Crippen LogP contribution is 2.33. The van der Waals surface area contributed by atoms with Crippen LogP contribution in [0, 0.1) is 10.1 Å². The first-order valence-corrected chi connectivity index (χ1v) is 7.04. The van der Waals surface area contributed by atoms with Crippen LogP contribution in [0.15, 0.2) is 41.4 Å². The second kappa shape index (κ2) is 6.08. The molecule has 0 aliphatic heterocycles. The molecule has 6 heteroatoms. The summed E-state index contributed by atoms with van der Waals surface area (Å²) in [6.45, 7) is 6.12. The van der Waals surface area contributed by atoms with Gasteiger partial charge in [0.1, 0.15) is 11.4 Å². The van der Waals surface area contributed by atoms with Crippen LogP contribution in [0.5, 0.6) is 11.5 Å². The number of aliphatic imine (C=N–C) groups is 1. The van der Waals surface area contributed by atoms with Gasteiger partial charge in [-0.25, -0.2) is 0 Å². The van der Waals surface area contributed by atoms with Crippen molar-refractivity contribution in [2.45, 2.75) is 26.2 Å². The number of hydrogen-bond donors (Lipinski definition) is 2. The molecule has 2 aromatic carbocycles. The number of benzene rings is 2. The first kappa shape index (κ1) is 16.5. The Morgan fingerprint density at radius 1 is 1.17 bits per heavy atom. The van der Waals surface area contributed by atoms with E-state index in [2.05, 4.69) is 4.99 Å². The molecule has 0 saturated carbocycles. The van der Waals surface area contributed by atoms with Crippen LogP contribution in [0.3, 0.4) is 0 Å². The first-order chi connectivity index (χ1) is 10.7. The summed E-state index contributed by atoms with van der Waals surface area (Å²) in [6, 6.07) is 9.31. The molecule has 0 aliphatic carbocycles. The van der Waals surface area contributed by atoms with Crippen molar-refractivity contribution in [2.24, 2.45) is 4.99 Å². The average molecular weight is 314 g/mol. The molecule has 2 N–H and O–H groups in total. The van der Waals surface area contributed by atoms with Crippen LogP contribution in [0.25, 0.3) is 0 Å². The highest BCUT2D eigenvalue weighted by molar-refractivity contribution is 5.87. The zero-order valence-electron chi connectivity index (χ0n) is 13.1. The van der Waals surface area contributed by atoms with Crippen molar-refractivity contribution in [3.05, 3.63) is 57.6 Å². The number of nitro groups is 1. The molecular weight excluding hydrogens is 296 g/mol. The fourth-order valence-corrected chi connectivity index (χ4v) is 2.03. The van der Waals surface area contributed by atoms with Crippen molar-refractivity contribution in [3.63, 3.8) is 0 Å². The van der Waals surface area contributed by atoms with Crippen molar-refractivity contribution in [2.75, 3.05) is 0 Å². The lowest BCUT2D eigenvalue weighted by molar-refractivity contribution is -0.385. The summed E-state index contributed by atoms with van der Waals surface area (Å²) in [7, 11) is 0. The molecule has 0 saturated heterocycles. The lowest BCUT2D eigenvalue weighted by atomic mass is 9.87. The maximum atomic E-state index is 10.8. The third-order valence-electron chi connectivity index (χ3n) is 3.43. The van der Waals surface area contributed by atoms with Gasteiger partial charge in [0, 0.05) is 17.8 Å². The highest BCUT2D eigenvalue weighted by atomic mass is 16.6. The molecule has 0 fully saturated rings. The van der Waals surface area contributed by atoms with Crippen molar-refractivity contribution in [1.29, 1.82) is 0 Å². The number of phenols is 2. The van der Waals surface area contributed by atoms with Gasteiger partial charge in [0.25, 0.3) is 0 Å². The van der Waals surface area contributed by atoms with Gasteiger partial charge in [-0.1, -0.05) is 32.9 Å². The first-order valence-electron chi connectivity index (χ1n) is 7.04. The molecule has 0 aromatic heterocycles. The summed E-state index contributed by atoms with van der Waals surface area (Å²) in [5.41, 5.74) is 1.04. The van der Waals surface area contributed by atoms with Gasteiger partial charge in [-0.2, -0.15) is 0 Å². The van der Waals surface area contributed by atoms with Crippen molar-refractivity contribution in [1.82, 2.24) is 0 Å². The van der Waals surface area contributed by atoms with Gasteiger partial charge in [0.15, 0.2) is 0 Å². The van der Waals surface area contributed by atoms with Crippen molar-refractivity contribution < 1.29 is 15.1 Å². The maximum absolute atomic E-state index is 10.8. The molecule has 2 rings (SSSR count). The zero-order valence-corrected chi connectivity index (χ0v) is 13.1. The normalized spacial score (nSPS) is 11.8. The lowest BCUT2D eigenvalue weighted by Crippen LogP contribution is -2.10. The Bertz CT molecular complexity index is 777. The molecule has 0 amide bonds. The molecule has 0 spiro atoms. The topological polar surface area (TPSA) is 96.0 Å². The molecule has 0 unspecified atom stereocenters. The summed E-state index contributed by atoms with van der Waals surface area (Å²) in [5, 5.41) is 30.6. The molecule has 0 atom stereocenters. The van der Waals surface area contributed by atoms with E-state index in [9.17, 15) is 20.3 Å². The Kier molecular flexibility index (Phi) is 4.36. The van der Waals surface area contributed by atoms with Crippen LogP contribution in [-0.4, -0.2) is 21.4 Å². The number of hydrogen-bond acceptors (Lipinski definition) is 5. The minimum absolute atomic E-state index is 0.000768. The van der Waals surface area contributed by atoms with Gasteiger partial charge < -0.3 is 10.2 Å². The molecular formula is C17H18N2O4. The smallest absolute Gasteiger partial charge is 0.311 e. The molecule has 0 radical (unpaired) electrons. The van der Waals surface area contributed by atoms with E-state index < -0.39 is 10.7 Å². The highest BCUT2D eigenvalue weighted by Gasteiger charge is 2.16. The molecule has 120 valence electrons. The predicted molar refractivity (Wildman–Crippen MR) is 88.8 cm³/mol. The Balaban J connectivity index is 2.42. The second-order valence-corrected chi connectivity index (χ2v) is 6.18. The van der Waals surface area contributed by atoms with E-state index >= 15 is 0 Å². The SMILES string of the molecule is CC(C)(C)c1ccc(O)c(N=Cc2cccc([N+](=O)[O-])c2O)c1. The van der Waals surface area contributed by atoms with Crippen LogP contribution < -0.4 is 0 Å².